The predicted molar refractivity (Wildman–Crippen MR) is 97.4 cm³/mol. The molecule has 1 aromatic carbocycles. The van der Waals surface area contributed by atoms with Gasteiger partial charge in [-0.2, -0.15) is 0 Å². The molecule has 4 nitrogen and oxygen atoms in total. The molecular formula is C21H27NO3. The highest BCUT2D eigenvalue weighted by Crippen LogP contribution is 2.41. The van der Waals surface area contributed by atoms with Crippen LogP contribution in [0.5, 0.6) is 0 Å². The first-order valence-electron chi connectivity index (χ1n) is 9.08. The minimum atomic E-state index is -0.707. The van der Waals surface area contributed by atoms with Gasteiger partial charge in [-0.15, -0.1) is 0 Å². The van der Waals surface area contributed by atoms with Crippen LogP contribution in [0.2, 0.25) is 0 Å². The SMILES string of the molecule is C/C=C/OC1CCC2(CC1)NC(=O)C(c1c(C)cc(C)cc1C)C2=O. The van der Waals surface area contributed by atoms with Crippen LogP contribution in [0.1, 0.15) is 60.8 Å². The van der Waals surface area contributed by atoms with E-state index < -0.39 is 11.5 Å². The number of ketones is 1. The van der Waals surface area contributed by atoms with Crippen LogP contribution in [-0.4, -0.2) is 23.3 Å². The van der Waals surface area contributed by atoms with Gasteiger partial charge in [0.1, 0.15) is 5.92 Å². The van der Waals surface area contributed by atoms with Gasteiger partial charge in [-0.05, 0) is 70.1 Å². The van der Waals surface area contributed by atoms with Crippen molar-refractivity contribution < 1.29 is 14.3 Å². The Balaban J connectivity index is 1.85. The Kier molecular flexibility index (Phi) is 4.72. The highest BCUT2D eigenvalue weighted by atomic mass is 16.5. The number of allylic oxidation sites excluding steroid dienone is 1. The van der Waals surface area contributed by atoms with Gasteiger partial charge in [-0.3, -0.25) is 9.59 Å². The molecule has 1 saturated heterocycles. The fourth-order valence-corrected chi connectivity index (χ4v) is 4.45. The zero-order chi connectivity index (χ0) is 18.2. The first-order chi connectivity index (χ1) is 11.9. The maximum Gasteiger partial charge on any atom is 0.235 e. The lowest BCUT2D eigenvalue weighted by molar-refractivity contribution is -0.126. The van der Waals surface area contributed by atoms with E-state index in [2.05, 4.69) is 17.4 Å². The van der Waals surface area contributed by atoms with Gasteiger partial charge in [0.2, 0.25) is 5.91 Å². The lowest BCUT2D eigenvalue weighted by Gasteiger charge is -2.35. The molecule has 1 aliphatic carbocycles. The number of Topliss-reactive ketones (excluding diaryl/α,β-unsaturated/α-hetero) is 1. The number of ether oxygens (including phenoxy) is 1. The molecule has 1 aromatic rings. The number of amides is 1. The summed E-state index contributed by atoms with van der Waals surface area (Å²) < 4.78 is 5.66. The van der Waals surface area contributed by atoms with Crippen molar-refractivity contribution in [1.82, 2.24) is 5.32 Å². The number of carbonyl (C=O) groups excluding carboxylic acids is 2. The molecular weight excluding hydrogens is 314 g/mol. The summed E-state index contributed by atoms with van der Waals surface area (Å²) in [5.41, 5.74) is 3.38. The maximum atomic E-state index is 13.3. The summed E-state index contributed by atoms with van der Waals surface area (Å²) in [5.74, 6) is -0.779. The van der Waals surface area contributed by atoms with E-state index in [1.165, 1.54) is 0 Å². The third kappa shape index (κ3) is 3.10. The summed E-state index contributed by atoms with van der Waals surface area (Å²) in [6.45, 7) is 7.93. The van der Waals surface area contributed by atoms with Gasteiger partial charge in [-0.1, -0.05) is 23.8 Å². The van der Waals surface area contributed by atoms with Crippen molar-refractivity contribution in [2.45, 2.75) is 70.9 Å². The number of aryl methyl sites for hydroxylation is 3. The second-order valence-electron chi connectivity index (χ2n) is 7.49. The molecule has 0 aromatic heterocycles. The Morgan fingerprint density at radius 3 is 2.28 bits per heavy atom. The normalized spacial score (nSPS) is 29.4. The molecule has 3 rings (SSSR count). The number of benzene rings is 1. The molecule has 1 aliphatic heterocycles. The van der Waals surface area contributed by atoms with E-state index >= 15 is 0 Å². The van der Waals surface area contributed by atoms with Gasteiger partial charge in [0.25, 0.3) is 0 Å². The zero-order valence-corrected chi connectivity index (χ0v) is 15.5. The Hall–Kier alpha value is -2.10. The van der Waals surface area contributed by atoms with E-state index in [4.69, 9.17) is 4.74 Å². The van der Waals surface area contributed by atoms with Crippen LogP contribution in [0.3, 0.4) is 0 Å². The molecule has 1 saturated carbocycles. The standard InChI is InChI=1S/C21H27NO3/c1-5-10-25-16-6-8-21(9-7-16)19(23)18(20(24)22-21)17-14(3)11-13(2)12-15(17)4/h5,10-12,16,18H,6-9H2,1-4H3,(H,22,24)/b10-5+. The van der Waals surface area contributed by atoms with E-state index in [0.29, 0.717) is 12.8 Å². The average molecular weight is 341 g/mol. The fourth-order valence-electron chi connectivity index (χ4n) is 4.45. The number of nitrogens with one attached hydrogen (secondary N) is 1. The molecule has 1 N–H and O–H groups in total. The second kappa shape index (κ2) is 6.66. The van der Waals surface area contributed by atoms with E-state index in [9.17, 15) is 9.59 Å². The van der Waals surface area contributed by atoms with E-state index in [1.807, 2.05) is 33.8 Å². The topological polar surface area (TPSA) is 55.4 Å². The van der Waals surface area contributed by atoms with Crippen molar-refractivity contribution in [3.05, 3.63) is 46.7 Å². The van der Waals surface area contributed by atoms with Crippen molar-refractivity contribution in [2.75, 3.05) is 0 Å². The van der Waals surface area contributed by atoms with Crippen molar-refractivity contribution >= 4 is 11.7 Å². The Morgan fingerprint density at radius 2 is 1.72 bits per heavy atom. The van der Waals surface area contributed by atoms with Crippen molar-refractivity contribution in [3.63, 3.8) is 0 Å². The number of hydrogen-bond acceptors (Lipinski definition) is 3. The number of carbonyl (C=O) groups is 2. The minimum absolute atomic E-state index is 0.0389. The molecule has 1 amide bonds. The highest BCUT2D eigenvalue weighted by molar-refractivity contribution is 6.17. The van der Waals surface area contributed by atoms with Gasteiger partial charge in [0.05, 0.1) is 17.9 Å². The molecule has 1 heterocycles. The summed E-state index contributed by atoms with van der Waals surface area (Å²) >= 11 is 0. The first-order valence-corrected chi connectivity index (χ1v) is 9.08. The Labute approximate surface area is 149 Å². The smallest absolute Gasteiger partial charge is 0.235 e. The van der Waals surface area contributed by atoms with Crippen LogP contribution in [-0.2, 0) is 14.3 Å². The van der Waals surface area contributed by atoms with Crippen LogP contribution in [0.25, 0.3) is 0 Å². The summed E-state index contributed by atoms with van der Waals surface area (Å²) in [5, 5.41) is 3.05. The largest absolute Gasteiger partial charge is 0.498 e. The second-order valence-corrected chi connectivity index (χ2v) is 7.49. The van der Waals surface area contributed by atoms with Gasteiger partial charge in [0, 0.05) is 0 Å². The molecule has 134 valence electrons. The van der Waals surface area contributed by atoms with Gasteiger partial charge in [-0.25, -0.2) is 0 Å². The Bertz CT molecular complexity index is 704. The third-order valence-corrected chi connectivity index (χ3v) is 5.58. The molecule has 1 atom stereocenters. The molecule has 0 radical (unpaired) electrons. The average Bonchev–Trinajstić information content (AvgIpc) is 2.78. The lowest BCUT2D eigenvalue weighted by Crippen LogP contribution is -2.50. The maximum absolute atomic E-state index is 13.3. The van der Waals surface area contributed by atoms with Crippen LogP contribution < -0.4 is 5.32 Å². The fraction of sp³-hybridized carbons (Fsp3) is 0.524. The van der Waals surface area contributed by atoms with Gasteiger partial charge >= 0.3 is 0 Å². The van der Waals surface area contributed by atoms with Crippen molar-refractivity contribution in [3.8, 4) is 0 Å². The zero-order valence-electron chi connectivity index (χ0n) is 15.5. The minimum Gasteiger partial charge on any atom is -0.498 e. The van der Waals surface area contributed by atoms with Gasteiger partial charge in [0.15, 0.2) is 5.78 Å². The predicted octanol–water partition coefficient (Wildman–Crippen LogP) is 3.63. The first kappa shape index (κ1) is 17.7. The number of rotatable bonds is 3. The van der Waals surface area contributed by atoms with Crippen molar-refractivity contribution in [2.24, 2.45) is 0 Å². The van der Waals surface area contributed by atoms with Crippen LogP contribution in [0.15, 0.2) is 24.5 Å². The molecule has 4 heteroatoms. The summed E-state index contributed by atoms with van der Waals surface area (Å²) in [7, 11) is 0. The third-order valence-electron chi connectivity index (χ3n) is 5.58. The van der Waals surface area contributed by atoms with E-state index in [1.54, 1.807) is 6.26 Å². The molecule has 2 aliphatic rings. The molecule has 25 heavy (non-hydrogen) atoms. The summed E-state index contributed by atoms with van der Waals surface area (Å²) in [6.07, 6.45) is 6.59. The number of hydrogen-bond donors (Lipinski definition) is 1. The van der Waals surface area contributed by atoms with Crippen LogP contribution >= 0.6 is 0 Å². The molecule has 1 unspecified atom stereocenters. The van der Waals surface area contributed by atoms with Crippen LogP contribution in [0.4, 0.5) is 0 Å². The van der Waals surface area contributed by atoms with E-state index in [0.717, 1.165) is 35.1 Å². The molecule has 2 fully saturated rings. The summed E-state index contributed by atoms with van der Waals surface area (Å²) in [4.78, 5) is 26.0. The van der Waals surface area contributed by atoms with Crippen LogP contribution in [0, 0.1) is 20.8 Å². The lowest BCUT2D eigenvalue weighted by atomic mass is 9.75. The van der Waals surface area contributed by atoms with Crippen molar-refractivity contribution in [1.29, 1.82) is 0 Å². The monoisotopic (exact) mass is 341 g/mol. The van der Waals surface area contributed by atoms with E-state index in [-0.39, 0.29) is 17.8 Å². The molecule has 0 bridgehead atoms. The highest BCUT2D eigenvalue weighted by Gasteiger charge is 2.54. The Morgan fingerprint density at radius 1 is 1.12 bits per heavy atom. The van der Waals surface area contributed by atoms with Gasteiger partial charge < -0.3 is 10.1 Å². The summed E-state index contributed by atoms with van der Waals surface area (Å²) in [6, 6.07) is 4.10. The quantitative estimate of drug-likeness (QED) is 0.675. The molecule has 1 spiro atoms.